The van der Waals surface area contributed by atoms with Gasteiger partial charge in [-0.1, -0.05) is 55.8 Å². The number of nitrogens with one attached hydrogen (secondary N) is 1. The fourth-order valence-electron chi connectivity index (χ4n) is 4.30. The highest BCUT2D eigenvalue weighted by Gasteiger charge is 2.18. The fraction of sp³-hybridized carbons (Fsp3) is 0.375. The number of amides is 1. The summed E-state index contributed by atoms with van der Waals surface area (Å²) in [7, 11) is 7.10. The van der Waals surface area contributed by atoms with Crippen LogP contribution in [-0.4, -0.2) is 81.4 Å². The van der Waals surface area contributed by atoms with E-state index in [0.717, 1.165) is 48.6 Å². The lowest BCUT2D eigenvalue weighted by Gasteiger charge is -2.27. The molecule has 0 spiro atoms. The highest BCUT2D eigenvalue weighted by molar-refractivity contribution is 6.32. The Bertz CT molecular complexity index is 1220. The third kappa shape index (κ3) is 9.37. The number of hydrogen-bond acceptors (Lipinski definition) is 6. The van der Waals surface area contributed by atoms with Crippen LogP contribution < -0.4 is 5.32 Å². The van der Waals surface area contributed by atoms with Crippen LogP contribution in [0.5, 0.6) is 0 Å². The number of hydroxylamine groups is 2. The van der Waals surface area contributed by atoms with E-state index < -0.39 is 0 Å². The Morgan fingerprint density at radius 1 is 1.27 bits per heavy atom. The number of rotatable bonds is 9. The number of carbonyl (C=O) groups excluding carboxylic acids is 1. The van der Waals surface area contributed by atoms with Crippen LogP contribution in [0.3, 0.4) is 0 Å². The zero-order valence-corrected chi connectivity index (χ0v) is 25.8. The Hall–Kier alpha value is -3.39. The lowest BCUT2D eigenvalue weighted by Crippen LogP contribution is -2.30. The van der Waals surface area contributed by atoms with Gasteiger partial charge in [0.1, 0.15) is 0 Å². The van der Waals surface area contributed by atoms with Gasteiger partial charge in [-0.15, -0.1) is 0 Å². The quantitative estimate of drug-likeness (QED) is 0.289. The molecule has 0 fully saturated rings. The third-order valence-electron chi connectivity index (χ3n) is 6.30. The molecule has 3 rings (SSSR count). The fourth-order valence-corrected chi connectivity index (χ4v) is 4.61. The first-order valence-electron chi connectivity index (χ1n) is 13.6. The van der Waals surface area contributed by atoms with Crippen molar-refractivity contribution >= 4 is 29.3 Å². The summed E-state index contributed by atoms with van der Waals surface area (Å²) in [5, 5.41) is 5.48. The molecule has 216 valence electrons. The van der Waals surface area contributed by atoms with Crippen molar-refractivity contribution in [1.29, 1.82) is 0 Å². The van der Waals surface area contributed by atoms with Gasteiger partial charge in [-0.05, 0) is 60.4 Å². The van der Waals surface area contributed by atoms with E-state index in [0.29, 0.717) is 17.2 Å². The molecule has 0 atom stereocenters. The number of carbonyl (C=O) groups is 1. The first kappa shape index (κ1) is 32.8. The van der Waals surface area contributed by atoms with Crippen LogP contribution in [0.4, 0.5) is 0 Å². The second-order valence-corrected chi connectivity index (χ2v) is 9.84. The summed E-state index contributed by atoms with van der Waals surface area (Å²) in [6, 6.07) is 5.57. The summed E-state index contributed by atoms with van der Waals surface area (Å²) in [6.07, 6.45) is 14.7. The van der Waals surface area contributed by atoms with E-state index in [1.165, 1.54) is 11.1 Å². The topological polar surface area (TPSA) is 60.4 Å². The number of halogens is 1. The maximum atomic E-state index is 12.2. The second kappa shape index (κ2) is 16.7. The summed E-state index contributed by atoms with van der Waals surface area (Å²) in [4.78, 5) is 26.2. The molecule has 0 aromatic heterocycles. The van der Waals surface area contributed by atoms with Gasteiger partial charge in [0.15, 0.2) is 0 Å². The Labute approximate surface area is 245 Å². The van der Waals surface area contributed by atoms with Gasteiger partial charge in [0.05, 0.1) is 12.3 Å². The number of likely N-dealkylation sites (N-methyl/N-ethyl adjacent to an activating group) is 1. The molecule has 0 saturated heterocycles. The van der Waals surface area contributed by atoms with Gasteiger partial charge in [0, 0.05) is 76.5 Å². The van der Waals surface area contributed by atoms with Crippen molar-refractivity contribution < 1.29 is 9.63 Å². The van der Waals surface area contributed by atoms with Crippen LogP contribution in [0.1, 0.15) is 43.1 Å². The summed E-state index contributed by atoms with van der Waals surface area (Å²) in [6.45, 7) is 13.4. The predicted octanol–water partition coefficient (Wildman–Crippen LogP) is 6.11. The van der Waals surface area contributed by atoms with Gasteiger partial charge in [-0.2, -0.15) is 0 Å². The predicted molar refractivity (Wildman–Crippen MR) is 169 cm³/mol. The van der Waals surface area contributed by atoms with Crippen LogP contribution in [0.2, 0.25) is 5.02 Å². The molecule has 0 bridgehead atoms. The van der Waals surface area contributed by atoms with E-state index in [2.05, 4.69) is 40.9 Å². The lowest BCUT2D eigenvalue weighted by atomic mass is 9.97. The van der Waals surface area contributed by atoms with Gasteiger partial charge in [0.2, 0.25) is 0 Å². The van der Waals surface area contributed by atoms with Crippen LogP contribution in [-0.2, 0) is 4.84 Å². The highest BCUT2D eigenvalue weighted by atomic mass is 35.5. The maximum Gasteiger partial charge on any atom is 0.253 e. The smallest absolute Gasteiger partial charge is 0.253 e. The summed E-state index contributed by atoms with van der Waals surface area (Å²) in [5.41, 5.74) is 6.66. The van der Waals surface area contributed by atoms with E-state index in [1.54, 1.807) is 43.4 Å². The first-order valence-corrected chi connectivity index (χ1v) is 14.0. The van der Waals surface area contributed by atoms with Crippen LogP contribution in [0.25, 0.3) is 5.57 Å². The largest absolute Gasteiger partial charge is 0.388 e. The standard InChI is InChI=1S/C30H38ClN5O2.C2H6/c1-22(19-23(2)29(9-14-32-3)36-17-12-26(33-4)13-18-38-36)21-35-15-10-24(11-16-35)27-8-7-25(20-28(27)31)30(37)34(5)6;1-2/h7-10,12-14,17,19-20,33H,2,11,15-16,18,21H2,1,3-6H3;1-2H3/b22-19+,29-9+,32-14?;. The minimum absolute atomic E-state index is 0.0520. The molecule has 1 amide bonds. The van der Waals surface area contributed by atoms with Gasteiger partial charge in [0.25, 0.3) is 5.91 Å². The average Bonchev–Trinajstić information content (AvgIpc) is 3.20. The second-order valence-electron chi connectivity index (χ2n) is 9.43. The molecule has 2 aliphatic rings. The lowest BCUT2D eigenvalue weighted by molar-refractivity contribution is -0.0741. The summed E-state index contributed by atoms with van der Waals surface area (Å²) >= 11 is 6.56. The Kier molecular flexibility index (Phi) is 13.7. The van der Waals surface area contributed by atoms with E-state index in [4.69, 9.17) is 16.4 Å². The molecule has 1 aromatic rings. The molecule has 0 radical (unpaired) electrons. The van der Waals surface area contributed by atoms with E-state index >= 15 is 0 Å². The average molecular weight is 566 g/mol. The van der Waals surface area contributed by atoms with E-state index in [-0.39, 0.29) is 5.91 Å². The van der Waals surface area contributed by atoms with Crippen molar-refractivity contribution in [3.8, 4) is 0 Å². The van der Waals surface area contributed by atoms with E-state index in [1.807, 2.05) is 57.5 Å². The molecule has 0 aliphatic carbocycles. The minimum atomic E-state index is -0.0520. The molecule has 7 nitrogen and oxygen atoms in total. The molecule has 8 heteroatoms. The van der Waals surface area contributed by atoms with Gasteiger partial charge in [-0.25, -0.2) is 5.06 Å². The maximum absolute atomic E-state index is 12.2. The van der Waals surface area contributed by atoms with Crippen LogP contribution in [0, 0.1) is 0 Å². The molecule has 2 aliphatic heterocycles. The number of nitrogens with zero attached hydrogens (tertiary/aromatic N) is 4. The molecular weight excluding hydrogens is 522 g/mol. The molecule has 0 saturated carbocycles. The van der Waals surface area contributed by atoms with Crippen LogP contribution >= 0.6 is 11.6 Å². The highest BCUT2D eigenvalue weighted by Crippen LogP contribution is 2.30. The monoisotopic (exact) mass is 565 g/mol. The number of hydrogen-bond donors (Lipinski definition) is 1. The van der Waals surface area contributed by atoms with E-state index in [9.17, 15) is 4.79 Å². The number of aliphatic imine (C=N–C) groups is 1. The van der Waals surface area contributed by atoms with Crippen molar-refractivity contribution in [2.45, 2.75) is 27.2 Å². The molecule has 0 unspecified atom stereocenters. The molecule has 1 N–H and O–H groups in total. The van der Waals surface area contributed by atoms with Crippen molar-refractivity contribution in [3.63, 3.8) is 0 Å². The zero-order chi connectivity index (χ0) is 29.7. The SMILES string of the molecule is C=C(/C=C(\C)CN1CC=C(c2ccc(C(=O)N(C)C)cc2Cl)CC1)/C(=C\C=NC)N1C=CC(NC)=CCO1.CC. The normalized spacial score (nSPS) is 16.6. The molecule has 40 heavy (non-hydrogen) atoms. The minimum Gasteiger partial charge on any atom is -0.388 e. The van der Waals surface area contributed by atoms with Crippen molar-refractivity contribution in [2.24, 2.45) is 4.99 Å². The van der Waals surface area contributed by atoms with Crippen molar-refractivity contribution in [1.82, 2.24) is 20.2 Å². The first-order chi connectivity index (χ1) is 19.2. The molecule has 1 aromatic carbocycles. The summed E-state index contributed by atoms with van der Waals surface area (Å²) < 4.78 is 0. The van der Waals surface area contributed by atoms with Crippen LogP contribution in [0.15, 0.2) is 88.9 Å². The van der Waals surface area contributed by atoms with Gasteiger partial charge in [-0.3, -0.25) is 19.5 Å². The number of benzene rings is 1. The summed E-state index contributed by atoms with van der Waals surface area (Å²) in [5.74, 6) is -0.0520. The van der Waals surface area contributed by atoms with Gasteiger partial charge >= 0.3 is 0 Å². The Morgan fingerprint density at radius 3 is 2.62 bits per heavy atom. The number of allylic oxidation sites excluding steroid dienone is 3. The van der Waals surface area contributed by atoms with Crippen molar-refractivity contribution in [3.05, 3.63) is 100 Å². The third-order valence-corrected chi connectivity index (χ3v) is 6.61. The zero-order valence-electron chi connectivity index (χ0n) is 25.0. The van der Waals surface area contributed by atoms with Gasteiger partial charge < -0.3 is 10.2 Å². The Morgan fingerprint density at radius 2 is 2.02 bits per heavy atom. The van der Waals surface area contributed by atoms with Crippen molar-refractivity contribution in [2.75, 3.05) is 54.4 Å². The Balaban J connectivity index is 0.00000274. The molecular formula is C32H44ClN5O2. The molecule has 2 heterocycles.